The summed E-state index contributed by atoms with van der Waals surface area (Å²) in [6.45, 7) is 5.37. The molecule has 6 nitrogen and oxygen atoms in total. The van der Waals surface area contributed by atoms with Gasteiger partial charge < -0.3 is 20.1 Å². The molecule has 2 N–H and O–H groups in total. The van der Waals surface area contributed by atoms with Crippen LogP contribution >= 0.6 is 0 Å². The SMILES string of the molecule is CC(C)C[C@H](NC(=O)Cc1ccc(C(=O)O)c(OCC[18F])c1)c1ccccc1N1CCCCC1. The van der Waals surface area contributed by atoms with Crippen molar-refractivity contribution in [1.29, 1.82) is 0 Å². The van der Waals surface area contributed by atoms with E-state index in [1.165, 1.54) is 37.1 Å². The Morgan fingerprint density at radius 1 is 1.12 bits per heavy atom. The Bertz CT molecular complexity index is 973. The number of carbonyl (C=O) groups is 2. The molecular formula is C27H35FN2O4. The number of alkyl halides is 1. The largest absolute Gasteiger partial charge is 0.490 e. The molecule has 2 aromatic carbocycles. The summed E-state index contributed by atoms with van der Waals surface area (Å²) in [4.78, 5) is 26.9. The lowest BCUT2D eigenvalue weighted by Crippen LogP contribution is -2.34. The molecule has 1 saturated heterocycles. The third kappa shape index (κ3) is 6.95. The highest BCUT2D eigenvalue weighted by atomic mass is 18.2. The molecule has 1 aliphatic heterocycles. The van der Waals surface area contributed by atoms with E-state index in [4.69, 9.17) is 4.74 Å². The molecule has 3 rings (SSSR count). The number of anilines is 1. The zero-order valence-electron chi connectivity index (χ0n) is 20.1. The lowest BCUT2D eigenvalue weighted by Gasteiger charge is -2.33. The summed E-state index contributed by atoms with van der Waals surface area (Å²) in [5.74, 6) is -0.852. The zero-order valence-corrected chi connectivity index (χ0v) is 20.1. The molecule has 2 aromatic rings. The van der Waals surface area contributed by atoms with Crippen LogP contribution in [-0.4, -0.2) is 43.4 Å². The highest BCUT2D eigenvalue weighted by Crippen LogP contribution is 2.32. The van der Waals surface area contributed by atoms with Gasteiger partial charge in [-0.1, -0.05) is 38.1 Å². The van der Waals surface area contributed by atoms with E-state index in [2.05, 4.69) is 36.2 Å². The van der Waals surface area contributed by atoms with Crippen LogP contribution in [0.5, 0.6) is 5.75 Å². The summed E-state index contributed by atoms with van der Waals surface area (Å²) >= 11 is 0. The fourth-order valence-electron chi connectivity index (χ4n) is 4.49. The number of carbonyl (C=O) groups excluding carboxylic acids is 1. The predicted molar refractivity (Wildman–Crippen MR) is 131 cm³/mol. The summed E-state index contributed by atoms with van der Waals surface area (Å²) in [6, 6.07) is 12.7. The molecule has 1 aliphatic rings. The zero-order chi connectivity index (χ0) is 24.5. The molecular weight excluding hydrogens is 434 g/mol. The highest BCUT2D eigenvalue weighted by Gasteiger charge is 2.23. The predicted octanol–water partition coefficient (Wildman–Crippen LogP) is 5.17. The highest BCUT2D eigenvalue weighted by molar-refractivity contribution is 5.91. The number of rotatable bonds is 11. The van der Waals surface area contributed by atoms with Gasteiger partial charge >= 0.3 is 5.97 Å². The Hall–Kier alpha value is -3.09. The Kier molecular flexibility index (Phi) is 9.31. The van der Waals surface area contributed by atoms with Gasteiger partial charge in [-0.3, -0.25) is 4.79 Å². The number of carboxylic acid groups (broad SMARTS) is 1. The number of ether oxygens (including phenoxy) is 1. The topological polar surface area (TPSA) is 78.9 Å². The first-order chi connectivity index (χ1) is 16.4. The van der Waals surface area contributed by atoms with E-state index in [1.54, 1.807) is 6.07 Å². The van der Waals surface area contributed by atoms with E-state index in [0.29, 0.717) is 11.5 Å². The van der Waals surface area contributed by atoms with Crippen LogP contribution in [0, 0.1) is 5.92 Å². The van der Waals surface area contributed by atoms with Crippen molar-refractivity contribution in [2.45, 2.75) is 52.0 Å². The maximum Gasteiger partial charge on any atom is 0.339 e. The minimum absolute atomic E-state index is 0.0502. The second-order valence-electron chi connectivity index (χ2n) is 9.21. The van der Waals surface area contributed by atoms with E-state index < -0.39 is 12.6 Å². The van der Waals surface area contributed by atoms with E-state index >= 15 is 0 Å². The molecule has 1 atom stereocenters. The van der Waals surface area contributed by atoms with Crippen LogP contribution in [0.2, 0.25) is 0 Å². The van der Waals surface area contributed by atoms with Crippen molar-refractivity contribution in [2.75, 3.05) is 31.3 Å². The number of nitrogens with zero attached hydrogens (tertiary/aromatic N) is 1. The van der Waals surface area contributed by atoms with Crippen molar-refractivity contribution in [1.82, 2.24) is 5.32 Å². The van der Waals surface area contributed by atoms with Gasteiger partial charge in [-0.15, -0.1) is 0 Å². The molecule has 7 heteroatoms. The number of halogens is 1. The van der Waals surface area contributed by atoms with Gasteiger partial charge in [0.15, 0.2) is 0 Å². The van der Waals surface area contributed by atoms with Crippen molar-refractivity contribution in [3.8, 4) is 5.75 Å². The molecule has 0 bridgehead atoms. The number of benzene rings is 2. The van der Waals surface area contributed by atoms with Crippen molar-refractivity contribution in [2.24, 2.45) is 5.92 Å². The first-order valence-corrected chi connectivity index (χ1v) is 12.1. The van der Waals surface area contributed by atoms with Crippen molar-refractivity contribution in [3.05, 3.63) is 59.2 Å². The first kappa shape index (κ1) is 25.5. The van der Waals surface area contributed by atoms with Gasteiger partial charge in [0.25, 0.3) is 0 Å². The van der Waals surface area contributed by atoms with Gasteiger partial charge in [0, 0.05) is 18.8 Å². The van der Waals surface area contributed by atoms with Crippen molar-refractivity contribution >= 4 is 17.6 Å². The first-order valence-electron chi connectivity index (χ1n) is 12.1. The number of hydrogen-bond acceptors (Lipinski definition) is 4. The minimum Gasteiger partial charge on any atom is -0.490 e. The van der Waals surface area contributed by atoms with Crippen LogP contribution in [0.4, 0.5) is 10.1 Å². The molecule has 0 aromatic heterocycles. The Labute approximate surface area is 201 Å². The lowest BCUT2D eigenvalue weighted by atomic mass is 9.94. The van der Waals surface area contributed by atoms with Crippen LogP contribution in [0.3, 0.4) is 0 Å². The molecule has 0 saturated carbocycles. The molecule has 34 heavy (non-hydrogen) atoms. The van der Waals surface area contributed by atoms with Gasteiger partial charge in [0.2, 0.25) is 5.91 Å². The third-order valence-corrected chi connectivity index (χ3v) is 6.03. The number of nitrogens with one attached hydrogen (secondary N) is 1. The maximum absolute atomic E-state index is 13.1. The molecule has 0 aliphatic carbocycles. The summed E-state index contributed by atoms with van der Waals surface area (Å²) in [5, 5.41) is 12.6. The summed E-state index contributed by atoms with van der Waals surface area (Å²) in [7, 11) is 0. The number of carboxylic acids is 1. The molecule has 1 heterocycles. The van der Waals surface area contributed by atoms with Crippen molar-refractivity contribution < 1.29 is 23.8 Å². The summed E-state index contributed by atoms with van der Waals surface area (Å²) < 4.78 is 17.8. The van der Waals surface area contributed by atoms with Gasteiger partial charge in [0.1, 0.15) is 24.6 Å². The second-order valence-corrected chi connectivity index (χ2v) is 9.21. The fourth-order valence-corrected chi connectivity index (χ4v) is 4.49. The third-order valence-electron chi connectivity index (χ3n) is 6.03. The molecule has 1 amide bonds. The molecule has 0 radical (unpaired) electrons. The average molecular weight is 470 g/mol. The Balaban J connectivity index is 1.79. The number of piperidine rings is 1. The van der Waals surface area contributed by atoms with E-state index in [0.717, 1.165) is 25.1 Å². The Morgan fingerprint density at radius 2 is 1.85 bits per heavy atom. The molecule has 1 fully saturated rings. The number of aromatic carboxylic acids is 1. The van der Waals surface area contributed by atoms with Crippen molar-refractivity contribution in [3.63, 3.8) is 0 Å². The lowest BCUT2D eigenvalue weighted by molar-refractivity contribution is -0.121. The van der Waals surface area contributed by atoms with Gasteiger partial charge in [-0.05, 0) is 60.9 Å². The van der Waals surface area contributed by atoms with Crippen LogP contribution in [0.1, 0.15) is 67.1 Å². The standard InChI is InChI=1S/C27H35FN2O4/c1-19(2)16-23(21-8-4-5-9-24(21)30-13-6-3-7-14-30)29-26(31)18-20-10-11-22(27(32)33)25(17-20)34-15-12-28/h4-5,8-11,17,19,23H,3,6-7,12-16,18H2,1-2H3,(H,29,31)(H,32,33)/t23-/m0/s1/i28-1. The van der Waals surface area contributed by atoms with E-state index in [-0.39, 0.29) is 36.3 Å². The van der Waals surface area contributed by atoms with Crippen LogP contribution in [0.15, 0.2) is 42.5 Å². The van der Waals surface area contributed by atoms with Gasteiger partial charge in [-0.2, -0.15) is 0 Å². The van der Waals surface area contributed by atoms with E-state index in [9.17, 15) is 19.1 Å². The van der Waals surface area contributed by atoms with E-state index in [1.807, 2.05) is 12.1 Å². The van der Waals surface area contributed by atoms with Gasteiger partial charge in [0.05, 0.1) is 12.5 Å². The average Bonchev–Trinajstić information content (AvgIpc) is 2.82. The Morgan fingerprint density at radius 3 is 2.53 bits per heavy atom. The normalized spacial score (nSPS) is 14.6. The fraction of sp³-hybridized carbons (Fsp3) is 0.481. The van der Waals surface area contributed by atoms with Crippen LogP contribution < -0.4 is 15.0 Å². The van der Waals surface area contributed by atoms with Crippen LogP contribution in [-0.2, 0) is 11.2 Å². The maximum atomic E-state index is 13.1. The summed E-state index contributed by atoms with van der Waals surface area (Å²) in [5.41, 5.74) is 2.87. The number of amides is 1. The molecule has 0 spiro atoms. The molecule has 0 unspecified atom stereocenters. The number of para-hydroxylation sites is 1. The number of hydrogen-bond donors (Lipinski definition) is 2. The molecule has 184 valence electrons. The summed E-state index contributed by atoms with van der Waals surface area (Å²) in [6.07, 6.45) is 4.48. The second kappa shape index (κ2) is 12.4. The van der Waals surface area contributed by atoms with Crippen LogP contribution in [0.25, 0.3) is 0 Å². The van der Waals surface area contributed by atoms with Gasteiger partial charge in [-0.25, -0.2) is 9.18 Å². The monoisotopic (exact) mass is 469 g/mol. The smallest absolute Gasteiger partial charge is 0.339 e. The quantitative estimate of drug-likeness (QED) is 0.475. The minimum atomic E-state index is -1.16.